The molecule has 2 aromatic rings. The van der Waals surface area contributed by atoms with Crippen LogP contribution in [0, 0.1) is 10.1 Å². The maximum atomic E-state index is 11.7. The van der Waals surface area contributed by atoms with Gasteiger partial charge in [0.25, 0.3) is 5.69 Å². The van der Waals surface area contributed by atoms with E-state index in [9.17, 15) is 14.9 Å². The quantitative estimate of drug-likeness (QED) is 0.453. The van der Waals surface area contributed by atoms with Crippen LogP contribution in [0.4, 0.5) is 27.5 Å². The minimum absolute atomic E-state index is 0.0386. The van der Waals surface area contributed by atoms with Crippen LogP contribution in [0.3, 0.4) is 0 Å². The maximum Gasteiger partial charge on any atom is 0.323 e. The van der Waals surface area contributed by atoms with E-state index in [4.69, 9.17) is 5.73 Å². The summed E-state index contributed by atoms with van der Waals surface area (Å²) in [6, 6.07) is 11.9. The number of hydrogen-bond donors (Lipinski definition) is 3. The Labute approximate surface area is 114 Å². The highest BCUT2D eigenvalue weighted by atomic mass is 16.6. The topological polar surface area (TPSA) is 110 Å². The van der Waals surface area contributed by atoms with Crippen molar-refractivity contribution in [1.82, 2.24) is 0 Å². The third kappa shape index (κ3) is 3.22. The largest absolute Gasteiger partial charge is 0.397 e. The van der Waals surface area contributed by atoms with E-state index in [0.717, 1.165) is 0 Å². The molecule has 0 radical (unpaired) electrons. The van der Waals surface area contributed by atoms with Crippen molar-refractivity contribution in [2.75, 3.05) is 16.4 Å². The summed E-state index contributed by atoms with van der Waals surface area (Å²) in [6.07, 6.45) is 0. The van der Waals surface area contributed by atoms with Crippen molar-refractivity contribution in [3.05, 3.63) is 58.6 Å². The smallest absolute Gasteiger partial charge is 0.323 e. The Balaban J connectivity index is 2.01. The van der Waals surface area contributed by atoms with Gasteiger partial charge in [-0.3, -0.25) is 10.1 Å². The molecule has 2 aromatic carbocycles. The van der Waals surface area contributed by atoms with Crippen molar-refractivity contribution in [1.29, 1.82) is 0 Å². The molecular formula is C13H12N4O3. The summed E-state index contributed by atoms with van der Waals surface area (Å²) < 4.78 is 0. The van der Waals surface area contributed by atoms with Crippen molar-refractivity contribution in [2.24, 2.45) is 0 Å². The molecule has 102 valence electrons. The molecule has 0 bridgehead atoms. The molecule has 0 saturated carbocycles. The highest BCUT2D eigenvalue weighted by molar-refractivity contribution is 6.01. The van der Waals surface area contributed by atoms with E-state index in [1.807, 2.05) is 0 Å². The second kappa shape index (κ2) is 5.70. The lowest BCUT2D eigenvalue weighted by Crippen LogP contribution is -2.20. The zero-order chi connectivity index (χ0) is 14.5. The van der Waals surface area contributed by atoms with Crippen LogP contribution in [0.15, 0.2) is 48.5 Å². The van der Waals surface area contributed by atoms with Gasteiger partial charge in [-0.15, -0.1) is 0 Å². The highest BCUT2D eigenvalue weighted by Gasteiger charge is 2.07. The zero-order valence-corrected chi connectivity index (χ0v) is 10.4. The number of urea groups is 1. The average molecular weight is 272 g/mol. The Morgan fingerprint density at radius 2 is 1.70 bits per heavy atom. The fraction of sp³-hybridized carbons (Fsp3) is 0. The minimum Gasteiger partial charge on any atom is -0.397 e. The fourth-order valence-corrected chi connectivity index (χ4v) is 1.56. The summed E-state index contributed by atoms with van der Waals surface area (Å²) >= 11 is 0. The third-order valence-corrected chi connectivity index (χ3v) is 2.54. The van der Waals surface area contributed by atoms with Crippen LogP contribution in [0.2, 0.25) is 0 Å². The molecule has 0 atom stereocenters. The van der Waals surface area contributed by atoms with E-state index in [2.05, 4.69) is 10.6 Å². The van der Waals surface area contributed by atoms with Crippen LogP contribution in [0.1, 0.15) is 0 Å². The van der Waals surface area contributed by atoms with Crippen LogP contribution in [0.25, 0.3) is 0 Å². The van der Waals surface area contributed by atoms with Gasteiger partial charge in [-0.2, -0.15) is 0 Å². The van der Waals surface area contributed by atoms with Crippen LogP contribution in [-0.2, 0) is 0 Å². The molecule has 0 saturated heterocycles. The first-order chi connectivity index (χ1) is 9.56. The number of hydrogen-bond acceptors (Lipinski definition) is 4. The number of nitrogens with one attached hydrogen (secondary N) is 2. The Kier molecular flexibility index (Phi) is 3.80. The molecule has 0 fully saturated rings. The summed E-state index contributed by atoms with van der Waals surface area (Å²) in [5.41, 5.74) is 7.05. The summed E-state index contributed by atoms with van der Waals surface area (Å²) in [4.78, 5) is 21.7. The van der Waals surface area contributed by atoms with Crippen LogP contribution in [0.5, 0.6) is 0 Å². The number of carbonyl (C=O) groups excluding carboxylic acids is 1. The molecule has 0 aliphatic carbocycles. The van der Waals surface area contributed by atoms with Gasteiger partial charge < -0.3 is 16.4 Å². The Morgan fingerprint density at radius 3 is 2.30 bits per heavy atom. The molecule has 2 amide bonds. The van der Waals surface area contributed by atoms with Crippen molar-refractivity contribution in [3.63, 3.8) is 0 Å². The SMILES string of the molecule is Nc1ccccc1NC(=O)Nc1ccc([N+](=O)[O-])cc1. The number of nitro benzene ring substituents is 1. The first-order valence-electron chi connectivity index (χ1n) is 5.73. The van der Waals surface area contributed by atoms with E-state index in [0.29, 0.717) is 17.1 Å². The van der Waals surface area contributed by atoms with Gasteiger partial charge in [0.1, 0.15) is 0 Å². The second-order valence-corrected chi connectivity index (χ2v) is 3.97. The van der Waals surface area contributed by atoms with Crippen molar-refractivity contribution < 1.29 is 9.72 Å². The van der Waals surface area contributed by atoms with Gasteiger partial charge in [0, 0.05) is 17.8 Å². The monoisotopic (exact) mass is 272 g/mol. The number of non-ortho nitro benzene ring substituents is 1. The van der Waals surface area contributed by atoms with E-state index >= 15 is 0 Å². The number of carbonyl (C=O) groups is 1. The standard InChI is InChI=1S/C13H12N4O3/c14-11-3-1-2-4-12(11)16-13(18)15-9-5-7-10(8-6-9)17(19)20/h1-8H,14H2,(H2,15,16,18). The van der Waals surface area contributed by atoms with Gasteiger partial charge >= 0.3 is 6.03 Å². The number of nitrogens with two attached hydrogens (primary N) is 1. The first-order valence-corrected chi connectivity index (χ1v) is 5.73. The normalized spacial score (nSPS) is 9.80. The number of benzene rings is 2. The van der Waals surface area contributed by atoms with Crippen molar-refractivity contribution in [3.8, 4) is 0 Å². The van der Waals surface area contributed by atoms with Crippen molar-refractivity contribution >= 4 is 28.8 Å². The lowest BCUT2D eigenvalue weighted by atomic mass is 10.2. The highest BCUT2D eigenvalue weighted by Crippen LogP contribution is 2.18. The Hall–Kier alpha value is -3.09. The van der Waals surface area contributed by atoms with Gasteiger partial charge in [-0.1, -0.05) is 12.1 Å². The molecule has 0 aromatic heterocycles. The predicted octanol–water partition coefficient (Wildman–Crippen LogP) is 2.82. The first kappa shape index (κ1) is 13.3. The number of para-hydroxylation sites is 2. The second-order valence-electron chi connectivity index (χ2n) is 3.97. The Morgan fingerprint density at radius 1 is 1.05 bits per heavy atom. The Bertz CT molecular complexity index is 640. The summed E-state index contributed by atoms with van der Waals surface area (Å²) in [5.74, 6) is 0. The van der Waals surface area contributed by atoms with E-state index < -0.39 is 11.0 Å². The molecule has 0 aliphatic rings. The predicted molar refractivity (Wildman–Crippen MR) is 76.6 cm³/mol. The van der Waals surface area contributed by atoms with Gasteiger partial charge in [0.05, 0.1) is 16.3 Å². The number of nitrogens with zero attached hydrogens (tertiary/aromatic N) is 1. The number of nitrogen functional groups attached to an aromatic ring is 1. The molecular weight excluding hydrogens is 260 g/mol. The molecule has 7 heteroatoms. The van der Waals surface area contributed by atoms with Crippen LogP contribution >= 0.6 is 0 Å². The van der Waals surface area contributed by atoms with E-state index in [-0.39, 0.29) is 5.69 Å². The van der Waals surface area contributed by atoms with Crippen molar-refractivity contribution in [2.45, 2.75) is 0 Å². The molecule has 0 spiro atoms. The third-order valence-electron chi connectivity index (χ3n) is 2.54. The van der Waals surface area contributed by atoms with Gasteiger partial charge in [0.2, 0.25) is 0 Å². The number of rotatable bonds is 3. The summed E-state index contributed by atoms with van der Waals surface area (Å²) in [6.45, 7) is 0. The van der Waals surface area contributed by atoms with Gasteiger partial charge in [-0.05, 0) is 24.3 Å². The molecule has 0 aliphatic heterocycles. The molecule has 0 heterocycles. The number of amides is 2. The van der Waals surface area contributed by atoms with E-state index in [1.54, 1.807) is 24.3 Å². The molecule has 2 rings (SSSR count). The minimum atomic E-state index is -0.505. The zero-order valence-electron chi connectivity index (χ0n) is 10.4. The summed E-state index contributed by atoms with van der Waals surface area (Å²) in [7, 11) is 0. The average Bonchev–Trinajstić information content (AvgIpc) is 2.42. The van der Waals surface area contributed by atoms with Crippen LogP contribution < -0.4 is 16.4 Å². The number of nitro groups is 1. The lowest BCUT2D eigenvalue weighted by molar-refractivity contribution is -0.384. The van der Waals surface area contributed by atoms with E-state index in [1.165, 1.54) is 24.3 Å². The molecule has 4 N–H and O–H groups in total. The maximum absolute atomic E-state index is 11.7. The molecule has 0 unspecified atom stereocenters. The number of anilines is 3. The fourth-order valence-electron chi connectivity index (χ4n) is 1.56. The molecule has 20 heavy (non-hydrogen) atoms. The van der Waals surface area contributed by atoms with Crippen LogP contribution in [-0.4, -0.2) is 11.0 Å². The van der Waals surface area contributed by atoms with Gasteiger partial charge in [0.15, 0.2) is 0 Å². The molecule has 7 nitrogen and oxygen atoms in total. The summed E-state index contributed by atoms with van der Waals surface area (Å²) in [5, 5.41) is 15.6. The lowest BCUT2D eigenvalue weighted by Gasteiger charge is -2.09. The van der Waals surface area contributed by atoms with Gasteiger partial charge in [-0.25, -0.2) is 4.79 Å².